The Morgan fingerprint density at radius 3 is 2.36 bits per heavy atom. The molecule has 1 aliphatic rings. The summed E-state index contributed by atoms with van der Waals surface area (Å²) in [5.41, 5.74) is 6.52. The van der Waals surface area contributed by atoms with Crippen molar-refractivity contribution in [2.24, 2.45) is 5.73 Å². The molecular weight excluding hydrogens is 530 g/mol. The van der Waals surface area contributed by atoms with Crippen LogP contribution in [0.2, 0.25) is 0 Å². The predicted molar refractivity (Wildman–Crippen MR) is 125 cm³/mol. The molecule has 2 atom stereocenters. The highest BCUT2D eigenvalue weighted by atomic mass is 19.4. The second kappa shape index (κ2) is 11.4. The number of benzene rings is 2. The van der Waals surface area contributed by atoms with Crippen molar-refractivity contribution in [3.05, 3.63) is 82.7 Å². The topological polar surface area (TPSA) is 106 Å². The van der Waals surface area contributed by atoms with Gasteiger partial charge in [0.2, 0.25) is 17.6 Å². The van der Waals surface area contributed by atoms with Crippen LogP contribution in [0.1, 0.15) is 29.2 Å². The van der Waals surface area contributed by atoms with Gasteiger partial charge in [-0.25, -0.2) is 13.2 Å². The molecule has 0 bridgehead atoms. The zero-order valence-corrected chi connectivity index (χ0v) is 20.4. The molecule has 208 valence electrons. The Hall–Kier alpha value is -3.94. The molecule has 39 heavy (non-hydrogen) atoms. The van der Waals surface area contributed by atoms with Gasteiger partial charge in [0.25, 0.3) is 0 Å². The van der Waals surface area contributed by atoms with Crippen molar-refractivity contribution in [3.8, 4) is 0 Å². The normalized spacial score (nSPS) is 15.0. The maximum Gasteiger partial charge on any atom is 0.451 e. The number of aromatic nitrogens is 3. The van der Waals surface area contributed by atoms with Crippen molar-refractivity contribution >= 4 is 11.8 Å². The van der Waals surface area contributed by atoms with Crippen LogP contribution in [-0.2, 0) is 41.7 Å². The van der Waals surface area contributed by atoms with Crippen molar-refractivity contribution in [1.29, 1.82) is 0 Å². The number of hydrogen-bond acceptors (Lipinski definition) is 5. The molecule has 0 saturated carbocycles. The minimum atomic E-state index is -4.71. The second-order valence-electron chi connectivity index (χ2n) is 9.17. The lowest BCUT2D eigenvalue weighted by Crippen LogP contribution is -2.49. The smallest absolute Gasteiger partial charge is 0.351 e. The molecular formula is C25H24F6N6O2. The summed E-state index contributed by atoms with van der Waals surface area (Å²) in [6.07, 6.45) is -5.33. The van der Waals surface area contributed by atoms with E-state index in [4.69, 9.17) is 5.73 Å². The maximum absolute atomic E-state index is 14.4. The first-order valence-electron chi connectivity index (χ1n) is 11.9. The van der Waals surface area contributed by atoms with Crippen LogP contribution in [0.5, 0.6) is 0 Å². The number of alkyl halides is 3. The Labute approximate surface area is 218 Å². The number of carbonyl (C=O) groups excluding carboxylic acids is 2. The largest absolute Gasteiger partial charge is 0.451 e. The van der Waals surface area contributed by atoms with Crippen LogP contribution in [0.25, 0.3) is 0 Å². The van der Waals surface area contributed by atoms with E-state index >= 15 is 0 Å². The van der Waals surface area contributed by atoms with Gasteiger partial charge >= 0.3 is 6.18 Å². The van der Waals surface area contributed by atoms with Crippen LogP contribution in [0.15, 0.2) is 42.5 Å². The standard InChI is InChI=1S/C25H24F6N6O2/c26-17-12-19(28)18(27)10-15(17)9-16(33-23(39)20(32)8-14-4-2-1-3-5-14)11-22(38)36-6-7-37-21(13-36)34-35-24(37)25(29,30)31/h1-5,10,12,16,20H,6-9,11,13,32H2,(H,33,39)/t16-,20?/m1/s1. The third-order valence-electron chi connectivity index (χ3n) is 6.32. The van der Waals surface area contributed by atoms with Crippen LogP contribution in [0, 0.1) is 17.5 Å². The van der Waals surface area contributed by atoms with E-state index < -0.39 is 59.8 Å². The minimum Gasteiger partial charge on any atom is -0.351 e. The third-order valence-corrected chi connectivity index (χ3v) is 6.32. The van der Waals surface area contributed by atoms with Crippen LogP contribution in [0.3, 0.4) is 0 Å². The SMILES string of the molecule is NC(Cc1ccccc1)C(=O)N[C@@H](CC(=O)N1CCn2c(nnc2C(F)(F)F)C1)Cc1cc(F)c(F)cc1F. The summed E-state index contributed by atoms with van der Waals surface area (Å²) in [7, 11) is 0. The zero-order chi connectivity index (χ0) is 28.3. The lowest BCUT2D eigenvalue weighted by molar-refractivity contribution is -0.148. The van der Waals surface area contributed by atoms with Crippen molar-refractivity contribution in [3.63, 3.8) is 0 Å². The summed E-state index contributed by atoms with van der Waals surface area (Å²) >= 11 is 0. The molecule has 1 aromatic heterocycles. The number of nitrogens with two attached hydrogens (primary N) is 1. The first-order valence-corrected chi connectivity index (χ1v) is 11.9. The monoisotopic (exact) mass is 554 g/mol. The fraction of sp³-hybridized carbons (Fsp3) is 0.360. The lowest BCUT2D eigenvalue weighted by atomic mass is 10.00. The van der Waals surface area contributed by atoms with Gasteiger partial charge in [-0.1, -0.05) is 30.3 Å². The van der Waals surface area contributed by atoms with E-state index in [0.29, 0.717) is 12.1 Å². The van der Waals surface area contributed by atoms with E-state index in [0.717, 1.165) is 10.1 Å². The van der Waals surface area contributed by atoms with E-state index in [1.165, 1.54) is 4.90 Å². The molecule has 0 radical (unpaired) electrons. The Morgan fingerprint density at radius 1 is 0.974 bits per heavy atom. The van der Waals surface area contributed by atoms with Crippen LogP contribution < -0.4 is 11.1 Å². The Kier molecular flexibility index (Phi) is 8.23. The Bertz CT molecular complexity index is 1350. The van der Waals surface area contributed by atoms with Crippen LogP contribution in [0.4, 0.5) is 26.3 Å². The molecule has 3 N–H and O–H groups in total. The summed E-state index contributed by atoms with van der Waals surface area (Å²) in [5.74, 6) is -6.25. The second-order valence-corrected chi connectivity index (χ2v) is 9.17. The van der Waals surface area contributed by atoms with Crippen molar-refractivity contribution in [1.82, 2.24) is 25.0 Å². The van der Waals surface area contributed by atoms with Gasteiger partial charge in [-0.05, 0) is 30.0 Å². The average Bonchev–Trinajstić information content (AvgIpc) is 3.32. The number of amides is 2. The van der Waals surface area contributed by atoms with E-state index in [1.807, 2.05) is 0 Å². The molecule has 2 amide bonds. The molecule has 3 aromatic rings. The number of halogens is 6. The van der Waals surface area contributed by atoms with Crippen molar-refractivity contribution in [2.75, 3.05) is 6.54 Å². The molecule has 2 heterocycles. The van der Waals surface area contributed by atoms with Crippen molar-refractivity contribution in [2.45, 2.75) is 50.6 Å². The van der Waals surface area contributed by atoms with Gasteiger partial charge < -0.3 is 20.5 Å². The molecule has 0 aliphatic carbocycles. The molecule has 1 unspecified atom stereocenters. The maximum atomic E-state index is 14.4. The first kappa shape index (κ1) is 28.1. The van der Waals surface area contributed by atoms with E-state index in [9.17, 15) is 35.9 Å². The van der Waals surface area contributed by atoms with Gasteiger partial charge in [0, 0.05) is 31.6 Å². The minimum absolute atomic E-state index is 0.0703. The van der Waals surface area contributed by atoms with E-state index in [2.05, 4.69) is 15.5 Å². The molecule has 0 spiro atoms. The summed E-state index contributed by atoms with van der Waals surface area (Å²) in [4.78, 5) is 27.2. The van der Waals surface area contributed by atoms with Crippen molar-refractivity contribution < 1.29 is 35.9 Å². The lowest BCUT2D eigenvalue weighted by Gasteiger charge is -2.30. The number of nitrogens with zero attached hydrogens (tertiary/aromatic N) is 4. The molecule has 1 aliphatic heterocycles. The van der Waals surface area contributed by atoms with Crippen LogP contribution in [-0.4, -0.2) is 50.1 Å². The zero-order valence-electron chi connectivity index (χ0n) is 20.4. The highest BCUT2D eigenvalue weighted by Gasteiger charge is 2.40. The fourth-order valence-electron chi connectivity index (χ4n) is 4.35. The van der Waals surface area contributed by atoms with E-state index in [1.54, 1.807) is 30.3 Å². The number of nitrogens with one attached hydrogen (secondary N) is 1. The molecule has 0 saturated heterocycles. The van der Waals surface area contributed by atoms with Gasteiger partial charge in [-0.15, -0.1) is 10.2 Å². The van der Waals surface area contributed by atoms with Gasteiger partial charge in [-0.2, -0.15) is 13.2 Å². The summed E-state index contributed by atoms with van der Waals surface area (Å²) < 4.78 is 81.8. The van der Waals surface area contributed by atoms with Gasteiger partial charge in [0.05, 0.1) is 12.6 Å². The quantitative estimate of drug-likeness (QED) is 0.329. The summed E-state index contributed by atoms with van der Waals surface area (Å²) in [6, 6.07) is 7.75. The number of hydrogen-bond donors (Lipinski definition) is 2. The predicted octanol–water partition coefficient (Wildman–Crippen LogP) is 2.74. The molecule has 14 heteroatoms. The molecule has 2 aromatic carbocycles. The highest BCUT2D eigenvalue weighted by Crippen LogP contribution is 2.29. The third kappa shape index (κ3) is 6.74. The van der Waals surface area contributed by atoms with Gasteiger partial charge in [0.1, 0.15) is 5.82 Å². The first-order chi connectivity index (χ1) is 18.4. The van der Waals surface area contributed by atoms with Crippen LogP contribution >= 0.6 is 0 Å². The fourth-order valence-corrected chi connectivity index (χ4v) is 4.35. The molecule has 8 nitrogen and oxygen atoms in total. The summed E-state index contributed by atoms with van der Waals surface area (Å²) in [5, 5.41) is 9.28. The van der Waals surface area contributed by atoms with Gasteiger partial charge in [0.15, 0.2) is 17.5 Å². The number of carbonyl (C=O) groups is 2. The Morgan fingerprint density at radius 2 is 1.67 bits per heavy atom. The summed E-state index contributed by atoms with van der Waals surface area (Å²) in [6.45, 7) is -0.573. The molecule has 0 fully saturated rings. The Balaban J connectivity index is 1.49. The number of rotatable bonds is 8. The number of fused-ring (bicyclic) bond motifs is 1. The van der Waals surface area contributed by atoms with Gasteiger partial charge in [-0.3, -0.25) is 9.59 Å². The van der Waals surface area contributed by atoms with E-state index in [-0.39, 0.29) is 43.9 Å². The molecule has 4 rings (SSSR count). The average molecular weight is 554 g/mol. The highest BCUT2D eigenvalue weighted by molar-refractivity contribution is 5.83.